The van der Waals surface area contributed by atoms with Gasteiger partial charge in [-0.2, -0.15) is 0 Å². The van der Waals surface area contributed by atoms with Crippen LogP contribution >= 0.6 is 0 Å². The van der Waals surface area contributed by atoms with Crippen LogP contribution in [0.15, 0.2) is 66.7 Å². The Kier molecular flexibility index (Phi) is 4.05. The monoisotopic (exact) mass is 292 g/mol. The van der Waals surface area contributed by atoms with Crippen LogP contribution in [0.1, 0.15) is 15.9 Å². The van der Waals surface area contributed by atoms with Gasteiger partial charge in [0.1, 0.15) is 12.4 Å². The van der Waals surface area contributed by atoms with Crippen molar-refractivity contribution in [2.45, 2.75) is 6.61 Å². The Labute approximate surface area is 129 Å². The van der Waals surface area contributed by atoms with Gasteiger partial charge < -0.3 is 9.47 Å². The predicted molar refractivity (Wildman–Crippen MR) is 86.1 cm³/mol. The van der Waals surface area contributed by atoms with E-state index < -0.39 is 0 Å². The lowest BCUT2D eigenvalue weighted by Gasteiger charge is -2.08. The van der Waals surface area contributed by atoms with Crippen LogP contribution in [0.2, 0.25) is 0 Å². The van der Waals surface area contributed by atoms with Gasteiger partial charge in [-0.1, -0.05) is 42.5 Å². The minimum absolute atomic E-state index is 0.365. The van der Waals surface area contributed by atoms with Crippen LogP contribution in [0, 0.1) is 0 Å². The zero-order chi connectivity index (χ0) is 15.4. The minimum Gasteiger partial charge on any atom is -0.489 e. The second-order valence-electron chi connectivity index (χ2n) is 4.99. The molecule has 0 aromatic heterocycles. The Hall–Kier alpha value is -2.81. The van der Waals surface area contributed by atoms with Gasteiger partial charge in [-0.3, -0.25) is 0 Å². The summed E-state index contributed by atoms with van der Waals surface area (Å²) in [7, 11) is 1.37. The molecular weight excluding hydrogens is 276 g/mol. The topological polar surface area (TPSA) is 35.5 Å². The van der Waals surface area contributed by atoms with Gasteiger partial charge in [0, 0.05) is 0 Å². The van der Waals surface area contributed by atoms with Crippen LogP contribution in [0.3, 0.4) is 0 Å². The van der Waals surface area contributed by atoms with E-state index >= 15 is 0 Å². The molecule has 110 valence electrons. The lowest BCUT2D eigenvalue weighted by molar-refractivity contribution is 0.0600. The molecule has 0 saturated heterocycles. The van der Waals surface area contributed by atoms with Gasteiger partial charge in [-0.25, -0.2) is 4.79 Å². The summed E-state index contributed by atoms with van der Waals surface area (Å²) in [6.07, 6.45) is 0. The first kappa shape index (κ1) is 14.1. The van der Waals surface area contributed by atoms with Gasteiger partial charge in [0.05, 0.1) is 12.7 Å². The first-order valence-corrected chi connectivity index (χ1v) is 7.05. The van der Waals surface area contributed by atoms with E-state index in [1.165, 1.54) is 17.9 Å². The number of fused-ring (bicyclic) bond motifs is 1. The number of esters is 1. The summed E-state index contributed by atoms with van der Waals surface area (Å²) in [5.41, 5.74) is 1.57. The second kappa shape index (κ2) is 6.31. The molecule has 3 rings (SSSR count). The van der Waals surface area contributed by atoms with E-state index in [4.69, 9.17) is 9.47 Å². The quantitative estimate of drug-likeness (QED) is 0.676. The van der Waals surface area contributed by atoms with E-state index in [-0.39, 0.29) is 5.97 Å². The summed E-state index contributed by atoms with van der Waals surface area (Å²) in [5, 5.41) is 2.39. The summed E-state index contributed by atoms with van der Waals surface area (Å²) in [5.74, 6) is 0.284. The van der Waals surface area contributed by atoms with Crippen LogP contribution in [0.25, 0.3) is 10.8 Å². The summed E-state index contributed by atoms with van der Waals surface area (Å²) >= 11 is 0. The number of methoxy groups -OCH3 is 1. The molecule has 0 N–H and O–H groups in total. The van der Waals surface area contributed by atoms with E-state index in [0.29, 0.717) is 17.9 Å². The molecule has 0 fully saturated rings. The third-order valence-electron chi connectivity index (χ3n) is 3.47. The zero-order valence-electron chi connectivity index (χ0n) is 12.3. The van der Waals surface area contributed by atoms with Crippen molar-refractivity contribution in [3.63, 3.8) is 0 Å². The van der Waals surface area contributed by atoms with Crippen molar-refractivity contribution in [1.29, 1.82) is 0 Å². The van der Waals surface area contributed by atoms with Crippen LogP contribution in [-0.2, 0) is 11.3 Å². The molecule has 0 aliphatic carbocycles. The molecule has 3 aromatic carbocycles. The van der Waals surface area contributed by atoms with Gasteiger partial charge >= 0.3 is 5.97 Å². The van der Waals surface area contributed by atoms with Gasteiger partial charge in [0.25, 0.3) is 0 Å². The Bertz CT molecular complexity index is 808. The van der Waals surface area contributed by atoms with Gasteiger partial charge in [0.2, 0.25) is 0 Å². The highest BCUT2D eigenvalue weighted by Gasteiger charge is 2.06. The van der Waals surface area contributed by atoms with Crippen molar-refractivity contribution >= 4 is 16.7 Å². The smallest absolute Gasteiger partial charge is 0.337 e. The van der Waals surface area contributed by atoms with Gasteiger partial charge in [0.15, 0.2) is 0 Å². The molecule has 3 heteroatoms. The number of hydrogen-bond donors (Lipinski definition) is 0. The van der Waals surface area contributed by atoms with E-state index in [9.17, 15) is 4.79 Å². The van der Waals surface area contributed by atoms with Crippen LogP contribution in [-0.4, -0.2) is 13.1 Å². The average molecular weight is 292 g/mol. The first-order chi connectivity index (χ1) is 10.8. The third kappa shape index (κ3) is 3.09. The molecule has 0 heterocycles. The van der Waals surface area contributed by atoms with E-state index in [0.717, 1.165) is 5.56 Å². The SMILES string of the molecule is COC(=O)c1cccc(OCc2ccc3ccccc3c2)c1. The molecule has 0 atom stereocenters. The maximum absolute atomic E-state index is 11.5. The number of ether oxygens (including phenoxy) is 2. The third-order valence-corrected chi connectivity index (χ3v) is 3.47. The molecule has 22 heavy (non-hydrogen) atoms. The van der Waals surface area contributed by atoms with Crippen molar-refractivity contribution in [2.24, 2.45) is 0 Å². The van der Waals surface area contributed by atoms with Gasteiger partial charge in [-0.05, 0) is 40.6 Å². The molecule has 0 bridgehead atoms. The molecule has 3 nitrogen and oxygen atoms in total. The van der Waals surface area contributed by atoms with Crippen molar-refractivity contribution in [3.8, 4) is 5.75 Å². The standard InChI is InChI=1S/C19H16O3/c1-21-19(20)17-7-4-8-18(12-17)22-13-14-9-10-15-5-2-3-6-16(15)11-14/h2-12H,13H2,1H3. The Morgan fingerprint density at radius 3 is 2.55 bits per heavy atom. The zero-order valence-corrected chi connectivity index (χ0v) is 12.3. The fraction of sp³-hybridized carbons (Fsp3) is 0.105. The molecule has 0 amide bonds. The second-order valence-corrected chi connectivity index (χ2v) is 4.99. The molecular formula is C19H16O3. The van der Waals surface area contributed by atoms with Gasteiger partial charge in [-0.15, -0.1) is 0 Å². The van der Waals surface area contributed by atoms with Crippen LogP contribution < -0.4 is 4.74 Å². The summed E-state index contributed by atoms with van der Waals surface area (Å²) < 4.78 is 10.5. The average Bonchev–Trinajstić information content (AvgIpc) is 2.59. The lowest BCUT2D eigenvalue weighted by Crippen LogP contribution is -2.02. The summed E-state index contributed by atoms with van der Waals surface area (Å²) in [4.78, 5) is 11.5. The number of benzene rings is 3. The highest BCUT2D eigenvalue weighted by atomic mass is 16.5. The number of hydrogen-bond acceptors (Lipinski definition) is 3. The van der Waals surface area contributed by atoms with E-state index in [2.05, 4.69) is 24.3 Å². The number of carbonyl (C=O) groups is 1. The van der Waals surface area contributed by atoms with Crippen molar-refractivity contribution < 1.29 is 14.3 Å². The van der Waals surface area contributed by atoms with Crippen LogP contribution in [0.4, 0.5) is 0 Å². The van der Waals surface area contributed by atoms with E-state index in [1.54, 1.807) is 18.2 Å². The number of rotatable bonds is 4. The number of carbonyl (C=O) groups excluding carboxylic acids is 1. The van der Waals surface area contributed by atoms with Crippen molar-refractivity contribution in [1.82, 2.24) is 0 Å². The molecule has 0 unspecified atom stereocenters. The Balaban J connectivity index is 1.75. The fourth-order valence-corrected chi connectivity index (χ4v) is 2.33. The van der Waals surface area contributed by atoms with Crippen LogP contribution in [0.5, 0.6) is 5.75 Å². The molecule has 0 aliphatic rings. The Morgan fingerprint density at radius 1 is 0.909 bits per heavy atom. The lowest BCUT2D eigenvalue weighted by atomic mass is 10.1. The fourth-order valence-electron chi connectivity index (χ4n) is 2.33. The van der Waals surface area contributed by atoms with E-state index in [1.807, 2.05) is 24.3 Å². The molecule has 0 saturated carbocycles. The maximum Gasteiger partial charge on any atom is 0.337 e. The summed E-state index contributed by atoms with van der Waals surface area (Å²) in [6.45, 7) is 0.454. The highest BCUT2D eigenvalue weighted by molar-refractivity contribution is 5.89. The molecule has 0 radical (unpaired) electrons. The molecule has 0 spiro atoms. The maximum atomic E-state index is 11.5. The first-order valence-electron chi connectivity index (χ1n) is 7.05. The highest BCUT2D eigenvalue weighted by Crippen LogP contribution is 2.19. The molecule has 3 aromatic rings. The summed E-state index contributed by atoms with van der Waals surface area (Å²) in [6, 6.07) is 21.4. The predicted octanol–water partition coefficient (Wildman–Crippen LogP) is 4.21. The molecule has 0 aliphatic heterocycles. The normalized spacial score (nSPS) is 10.4. The van der Waals surface area contributed by atoms with Crippen molar-refractivity contribution in [2.75, 3.05) is 7.11 Å². The van der Waals surface area contributed by atoms with Crippen molar-refractivity contribution in [3.05, 3.63) is 77.9 Å². The Morgan fingerprint density at radius 2 is 1.73 bits per heavy atom. The minimum atomic E-state index is -0.365. The largest absolute Gasteiger partial charge is 0.489 e.